The number of carbonyl (C=O) groups is 1. The van der Waals surface area contributed by atoms with Gasteiger partial charge in [-0.15, -0.1) is 0 Å². The van der Waals surface area contributed by atoms with Gasteiger partial charge in [-0.3, -0.25) is 9.59 Å². The summed E-state index contributed by atoms with van der Waals surface area (Å²) in [5, 5.41) is 1.35. The van der Waals surface area contributed by atoms with Gasteiger partial charge in [0.25, 0.3) is 0 Å². The van der Waals surface area contributed by atoms with E-state index in [9.17, 15) is 9.59 Å². The summed E-state index contributed by atoms with van der Waals surface area (Å²) in [7, 11) is 0. The summed E-state index contributed by atoms with van der Waals surface area (Å²) in [6, 6.07) is 8.15. The second-order valence-corrected chi connectivity index (χ2v) is 12.4. The van der Waals surface area contributed by atoms with E-state index < -0.39 is 0 Å². The number of ether oxygens (including phenoxy) is 1. The molecule has 1 aromatic heterocycles. The third-order valence-electron chi connectivity index (χ3n) is 5.22. The van der Waals surface area contributed by atoms with E-state index in [0.717, 1.165) is 47.9 Å². The third-order valence-corrected chi connectivity index (χ3v) is 9.93. The molecule has 0 radical (unpaired) electrons. The van der Waals surface area contributed by atoms with Crippen LogP contribution in [0.2, 0.25) is 0 Å². The molecule has 0 N–H and O–H groups in total. The van der Waals surface area contributed by atoms with Crippen molar-refractivity contribution in [2.24, 2.45) is 0 Å². The molecule has 1 fully saturated rings. The first-order chi connectivity index (χ1) is 14.6. The minimum atomic E-state index is 0.0470. The number of hydrogen-bond donors (Lipinski definition) is 0. The van der Waals surface area contributed by atoms with Crippen molar-refractivity contribution in [3.05, 3.63) is 39.4 Å². The largest absolute Gasteiger partial charge is 0.493 e. The molecule has 2 unspecified atom stereocenters. The number of fused-ring (bicyclic) bond motifs is 1. The van der Waals surface area contributed by atoms with Gasteiger partial charge >= 0.3 is 0 Å². The van der Waals surface area contributed by atoms with E-state index in [2.05, 4.69) is 47.7 Å². The molecule has 3 rings (SSSR count). The Kier molecular flexibility index (Phi) is 10.3. The highest BCUT2D eigenvalue weighted by Crippen LogP contribution is 2.35. The summed E-state index contributed by atoms with van der Waals surface area (Å²) in [4.78, 5) is 24.1. The Morgan fingerprint density at radius 2 is 2.17 bits per heavy atom. The molecule has 0 amide bonds. The first-order valence-corrected chi connectivity index (χ1v) is 14.9. The zero-order valence-corrected chi connectivity index (χ0v) is 22.0. The van der Waals surface area contributed by atoms with Gasteiger partial charge in [0.05, 0.1) is 10.5 Å². The van der Waals surface area contributed by atoms with Crippen LogP contribution < -0.4 is 9.48 Å². The summed E-state index contributed by atoms with van der Waals surface area (Å²) in [5.74, 6) is 4.60. The number of thioether (sulfide) groups is 2. The second-order valence-electron chi connectivity index (χ2n) is 7.58. The smallest absolute Gasteiger partial charge is 0.236 e. The van der Waals surface area contributed by atoms with Crippen molar-refractivity contribution >= 4 is 72.7 Å². The molecule has 30 heavy (non-hydrogen) atoms. The maximum Gasteiger partial charge on any atom is 0.236 e. The van der Waals surface area contributed by atoms with E-state index in [0.29, 0.717) is 23.4 Å². The first kappa shape index (κ1) is 24.4. The van der Waals surface area contributed by atoms with Crippen LogP contribution in [0.3, 0.4) is 0 Å². The van der Waals surface area contributed by atoms with Crippen LogP contribution in [0.25, 0.3) is 10.1 Å². The van der Waals surface area contributed by atoms with Crippen LogP contribution in [-0.2, 0) is 4.79 Å². The van der Waals surface area contributed by atoms with E-state index in [4.69, 9.17) is 4.74 Å². The molecular formula is C23H29IO3S3. The molecule has 1 aromatic carbocycles. The minimum Gasteiger partial charge on any atom is -0.493 e. The van der Waals surface area contributed by atoms with E-state index in [1.807, 2.05) is 11.8 Å². The normalized spacial score (nSPS) is 17.3. The average Bonchev–Trinajstić information content (AvgIpc) is 3.27. The predicted octanol–water partition coefficient (Wildman–Crippen LogP) is 6.89. The van der Waals surface area contributed by atoms with Gasteiger partial charge in [-0.2, -0.15) is 11.8 Å². The minimum absolute atomic E-state index is 0.0470. The standard InChI is InChI=1S/C23H29IO3S3/c1-2-6-19(24)23(26)29-11-5-3-4-10-27-20-14-22(25)30-21-13-16(7-8-18(20)21)17-9-12-28-15-17/h7-8,13-14,17,19H,2-6,9-12,15H2,1H3. The summed E-state index contributed by atoms with van der Waals surface area (Å²) >= 11 is 7.04. The average molecular weight is 577 g/mol. The topological polar surface area (TPSA) is 43.4 Å². The van der Waals surface area contributed by atoms with Gasteiger partial charge in [0.1, 0.15) is 5.75 Å². The van der Waals surface area contributed by atoms with Crippen molar-refractivity contribution in [2.75, 3.05) is 23.9 Å². The van der Waals surface area contributed by atoms with Crippen molar-refractivity contribution in [1.82, 2.24) is 0 Å². The molecule has 7 heteroatoms. The summed E-state index contributed by atoms with van der Waals surface area (Å²) < 4.78 is 7.21. The highest BCUT2D eigenvalue weighted by molar-refractivity contribution is 14.1. The quantitative estimate of drug-likeness (QED) is 0.166. The molecule has 0 aliphatic carbocycles. The fourth-order valence-electron chi connectivity index (χ4n) is 3.52. The molecular weight excluding hydrogens is 547 g/mol. The van der Waals surface area contributed by atoms with E-state index in [-0.39, 0.29) is 8.67 Å². The maximum atomic E-state index is 12.2. The molecule has 0 saturated carbocycles. The highest BCUT2D eigenvalue weighted by Gasteiger charge is 2.18. The number of unbranched alkanes of at least 4 members (excludes halogenated alkanes) is 2. The van der Waals surface area contributed by atoms with E-state index >= 15 is 0 Å². The summed E-state index contributed by atoms with van der Waals surface area (Å²) in [6.45, 7) is 2.72. The number of benzene rings is 1. The lowest BCUT2D eigenvalue weighted by Crippen LogP contribution is -2.09. The van der Waals surface area contributed by atoms with Gasteiger partial charge in [-0.25, -0.2) is 0 Å². The lowest BCUT2D eigenvalue weighted by molar-refractivity contribution is -0.110. The molecule has 0 bridgehead atoms. The van der Waals surface area contributed by atoms with Crippen LogP contribution in [0.4, 0.5) is 0 Å². The van der Waals surface area contributed by atoms with Crippen LogP contribution >= 0.6 is 57.5 Å². The van der Waals surface area contributed by atoms with Crippen LogP contribution in [0.5, 0.6) is 5.75 Å². The Balaban J connectivity index is 1.46. The Hall–Kier alpha value is -0.250. The molecule has 0 spiro atoms. The molecule has 2 heterocycles. The molecule has 2 aromatic rings. The van der Waals surface area contributed by atoms with Gasteiger partial charge < -0.3 is 4.74 Å². The number of carbonyl (C=O) groups excluding carboxylic acids is 1. The lowest BCUT2D eigenvalue weighted by Gasteiger charge is -2.12. The maximum absolute atomic E-state index is 12.2. The number of alkyl halides is 1. The Morgan fingerprint density at radius 1 is 1.30 bits per heavy atom. The molecule has 1 aliphatic heterocycles. The van der Waals surface area contributed by atoms with Crippen molar-refractivity contribution in [3.63, 3.8) is 0 Å². The van der Waals surface area contributed by atoms with Crippen molar-refractivity contribution in [3.8, 4) is 5.75 Å². The summed E-state index contributed by atoms with van der Waals surface area (Å²) in [6.07, 6.45) is 6.22. The van der Waals surface area contributed by atoms with E-state index in [1.165, 1.54) is 46.6 Å². The van der Waals surface area contributed by atoms with E-state index in [1.54, 1.807) is 6.07 Å². The monoisotopic (exact) mass is 576 g/mol. The SMILES string of the molecule is CCCC(I)C(=O)SCCCCCOc1cc(=O)sc2cc(C3CCSC3)ccc12. The van der Waals surface area contributed by atoms with Gasteiger partial charge in [0, 0.05) is 27.7 Å². The van der Waals surface area contributed by atoms with Crippen LogP contribution in [0.1, 0.15) is 56.9 Å². The van der Waals surface area contributed by atoms with Crippen molar-refractivity contribution in [2.45, 2.75) is 55.3 Å². The molecule has 1 saturated heterocycles. The zero-order valence-electron chi connectivity index (χ0n) is 17.4. The van der Waals surface area contributed by atoms with Crippen molar-refractivity contribution in [1.29, 1.82) is 0 Å². The lowest BCUT2D eigenvalue weighted by atomic mass is 9.98. The highest BCUT2D eigenvalue weighted by atomic mass is 127. The molecule has 2 atom stereocenters. The molecule has 3 nitrogen and oxygen atoms in total. The first-order valence-electron chi connectivity index (χ1n) is 10.7. The van der Waals surface area contributed by atoms with Gasteiger partial charge in [-0.1, -0.05) is 65.1 Å². The Bertz CT molecular complexity index is 893. The number of rotatable bonds is 11. The number of hydrogen-bond acceptors (Lipinski definition) is 6. The Labute approximate surface area is 205 Å². The predicted molar refractivity (Wildman–Crippen MR) is 142 cm³/mol. The Morgan fingerprint density at radius 3 is 2.93 bits per heavy atom. The fourth-order valence-corrected chi connectivity index (χ4v) is 7.65. The number of halogens is 1. The second kappa shape index (κ2) is 12.7. The fraction of sp³-hybridized carbons (Fsp3) is 0.565. The summed E-state index contributed by atoms with van der Waals surface area (Å²) in [5.41, 5.74) is 1.35. The van der Waals surface area contributed by atoms with Gasteiger partial charge in [0.15, 0.2) is 0 Å². The molecule has 164 valence electrons. The van der Waals surface area contributed by atoms with Crippen LogP contribution in [0.15, 0.2) is 29.1 Å². The van der Waals surface area contributed by atoms with Gasteiger partial charge in [-0.05, 0) is 61.5 Å². The van der Waals surface area contributed by atoms with Gasteiger partial charge in [0.2, 0.25) is 9.86 Å². The van der Waals surface area contributed by atoms with Crippen LogP contribution in [-0.4, -0.2) is 32.9 Å². The zero-order chi connectivity index (χ0) is 21.3. The van der Waals surface area contributed by atoms with Crippen LogP contribution in [0, 0.1) is 0 Å². The van der Waals surface area contributed by atoms with Crippen molar-refractivity contribution < 1.29 is 9.53 Å². The third kappa shape index (κ3) is 7.14. The molecule has 1 aliphatic rings.